The molecule has 0 saturated heterocycles. The smallest absolute Gasteiger partial charge is 0.264 e. The van der Waals surface area contributed by atoms with Crippen molar-refractivity contribution in [2.75, 3.05) is 17.4 Å². The first-order valence-corrected chi connectivity index (χ1v) is 15.0. The van der Waals surface area contributed by atoms with Gasteiger partial charge < -0.3 is 10.2 Å². The van der Waals surface area contributed by atoms with Gasteiger partial charge in [-0.25, -0.2) is 8.42 Å². The molecule has 0 aromatic heterocycles. The molecule has 40 heavy (non-hydrogen) atoms. The number of hydrogen-bond acceptors (Lipinski definition) is 4. The van der Waals surface area contributed by atoms with Crippen LogP contribution in [0, 0.1) is 13.8 Å². The summed E-state index contributed by atoms with van der Waals surface area (Å²) in [5.41, 5.74) is 2.24. The van der Waals surface area contributed by atoms with Crippen LogP contribution in [0.5, 0.6) is 0 Å². The Labute approximate surface area is 243 Å². The minimum absolute atomic E-state index is 0.0552. The van der Waals surface area contributed by atoms with Crippen LogP contribution in [0.25, 0.3) is 0 Å². The molecule has 0 bridgehead atoms. The summed E-state index contributed by atoms with van der Waals surface area (Å²) in [5.74, 6) is -0.816. The van der Waals surface area contributed by atoms with E-state index in [1.54, 1.807) is 44.2 Å². The Balaban J connectivity index is 2.03. The highest BCUT2D eigenvalue weighted by Gasteiger charge is 2.33. The fraction of sp³-hybridized carbons (Fsp3) is 0.355. The number of benzene rings is 3. The molecule has 3 aromatic rings. The molecule has 2 amide bonds. The molecule has 0 aliphatic heterocycles. The van der Waals surface area contributed by atoms with Crippen molar-refractivity contribution >= 4 is 39.1 Å². The average molecular weight is 584 g/mol. The number of aryl methyl sites for hydroxylation is 1. The topological polar surface area (TPSA) is 86.8 Å². The molecule has 3 rings (SSSR count). The molecule has 0 saturated carbocycles. The maximum atomic E-state index is 14.0. The zero-order valence-corrected chi connectivity index (χ0v) is 25.5. The lowest BCUT2D eigenvalue weighted by atomic mass is 10.1. The standard InChI is InChI=1S/C31H38ClN3O4S/c1-22-15-17-26(18-16-22)40(38,39)35(28-14-10-13-27(32)23(28)2)21-29(36)34(20-19-25-11-8-7-9-12-25)24(3)30(37)33-31(4,5)6/h7-18,24H,19-21H2,1-6H3,(H,33,37)/t24-/m0/s1. The number of nitrogens with zero attached hydrogens (tertiary/aromatic N) is 2. The molecule has 214 valence electrons. The molecule has 0 aliphatic rings. The third-order valence-electron chi connectivity index (χ3n) is 6.55. The van der Waals surface area contributed by atoms with Crippen LogP contribution < -0.4 is 9.62 Å². The van der Waals surface area contributed by atoms with Crippen LogP contribution in [-0.2, 0) is 26.0 Å². The number of amides is 2. The molecular weight excluding hydrogens is 546 g/mol. The third-order valence-corrected chi connectivity index (χ3v) is 8.73. The molecule has 3 aromatic carbocycles. The summed E-state index contributed by atoms with van der Waals surface area (Å²) in [6, 6.07) is 20.2. The summed E-state index contributed by atoms with van der Waals surface area (Å²) in [4.78, 5) is 28.7. The van der Waals surface area contributed by atoms with E-state index in [4.69, 9.17) is 11.6 Å². The quantitative estimate of drug-likeness (QED) is 0.340. The Hall–Kier alpha value is -3.36. The summed E-state index contributed by atoms with van der Waals surface area (Å²) in [6.07, 6.45) is 0.501. The van der Waals surface area contributed by atoms with Crippen LogP contribution in [0.3, 0.4) is 0 Å². The number of rotatable bonds is 10. The minimum atomic E-state index is -4.15. The van der Waals surface area contributed by atoms with E-state index in [-0.39, 0.29) is 17.3 Å². The summed E-state index contributed by atoms with van der Waals surface area (Å²) in [7, 11) is -4.15. The first-order valence-electron chi connectivity index (χ1n) is 13.2. The van der Waals surface area contributed by atoms with Gasteiger partial charge >= 0.3 is 0 Å². The zero-order valence-electron chi connectivity index (χ0n) is 23.9. The normalized spacial score (nSPS) is 12.5. The Kier molecular flexibility index (Phi) is 10.0. The Morgan fingerprint density at radius 3 is 2.15 bits per heavy atom. The van der Waals surface area contributed by atoms with Crippen LogP contribution >= 0.6 is 11.6 Å². The number of hydrogen-bond donors (Lipinski definition) is 1. The fourth-order valence-electron chi connectivity index (χ4n) is 4.26. The SMILES string of the molecule is Cc1ccc(S(=O)(=O)N(CC(=O)N(CCc2ccccc2)[C@@H](C)C(=O)NC(C)(C)C)c2cccc(Cl)c2C)cc1. The van der Waals surface area contributed by atoms with Gasteiger partial charge in [0.2, 0.25) is 11.8 Å². The van der Waals surface area contributed by atoms with Gasteiger partial charge in [0.05, 0.1) is 10.6 Å². The van der Waals surface area contributed by atoms with E-state index in [1.165, 1.54) is 17.0 Å². The summed E-state index contributed by atoms with van der Waals surface area (Å²) in [6.45, 7) is 10.6. The minimum Gasteiger partial charge on any atom is -0.350 e. The fourth-order valence-corrected chi connectivity index (χ4v) is 5.90. The lowest BCUT2D eigenvalue weighted by Gasteiger charge is -2.34. The van der Waals surface area contributed by atoms with Crippen molar-refractivity contribution < 1.29 is 18.0 Å². The zero-order chi connectivity index (χ0) is 29.7. The van der Waals surface area contributed by atoms with E-state index >= 15 is 0 Å². The highest BCUT2D eigenvalue weighted by atomic mass is 35.5. The van der Waals surface area contributed by atoms with Crippen LogP contribution in [-0.4, -0.2) is 49.8 Å². The molecule has 0 aliphatic carbocycles. The molecule has 1 atom stereocenters. The van der Waals surface area contributed by atoms with Gasteiger partial charge in [-0.05, 0) is 83.4 Å². The lowest BCUT2D eigenvalue weighted by Crippen LogP contribution is -2.55. The second-order valence-electron chi connectivity index (χ2n) is 10.9. The summed E-state index contributed by atoms with van der Waals surface area (Å²) < 4.78 is 29.0. The van der Waals surface area contributed by atoms with Gasteiger partial charge in [-0.15, -0.1) is 0 Å². The lowest BCUT2D eigenvalue weighted by molar-refractivity contribution is -0.139. The van der Waals surface area contributed by atoms with E-state index in [0.29, 0.717) is 22.7 Å². The van der Waals surface area contributed by atoms with Crippen molar-refractivity contribution in [3.8, 4) is 0 Å². The molecule has 0 heterocycles. The predicted molar refractivity (Wildman–Crippen MR) is 161 cm³/mol. The Bertz CT molecular complexity index is 1440. The number of sulfonamides is 1. The van der Waals surface area contributed by atoms with Gasteiger partial charge in [0.1, 0.15) is 12.6 Å². The highest BCUT2D eigenvalue weighted by molar-refractivity contribution is 7.92. The number of halogens is 1. The highest BCUT2D eigenvalue weighted by Crippen LogP contribution is 2.31. The van der Waals surface area contributed by atoms with Crippen molar-refractivity contribution in [1.29, 1.82) is 0 Å². The van der Waals surface area contributed by atoms with Crippen molar-refractivity contribution in [1.82, 2.24) is 10.2 Å². The van der Waals surface area contributed by atoms with E-state index < -0.39 is 34.1 Å². The molecule has 0 radical (unpaired) electrons. The first kappa shape index (κ1) is 31.2. The van der Waals surface area contributed by atoms with Gasteiger partial charge in [-0.1, -0.05) is 65.7 Å². The van der Waals surface area contributed by atoms with E-state index in [1.807, 2.05) is 58.0 Å². The van der Waals surface area contributed by atoms with E-state index in [0.717, 1.165) is 15.4 Å². The maximum absolute atomic E-state index is 14.0. The van der Waals surface area contributed by atoms with Gasteiger partial charge in [-0.3, -0.25) is 13.9 Å². The van der Waals surface area contributed by atoms with E-state index in [2.05, 4.69) is 5.32 Å². The van der Waals surface area contributed by atoms with Gasteiger partial charge in [0.25, 0.3) is 10.0 Å². The monoisotopic (exact) mass is 583 g/mol. The number of carbonyl (C=O) groups is 2. The van der Waals surface area contributed by atoms with Crippen molar-refractivity contribution in [2.24, 2.45) is 0 Å². The van der Waals surface area contributed by atoms with Gasteiger partial charge in [0.15, 0.2) is 0 Å². The molecule has 1 N–H and O–H groups in total. The van der Waals surface area contributed by atoms with Crippen LogP contribution in [0.15, 0.2) is 77.7 Å². The summed E-state index contributed by atoms with van der Waals surface area (Å²) in [5, 5.41) is 3.32. The molecule has 0 unspecified atom stereocenters. The first-order chi connectivity index (χ1) is 18.7. The van der Waals surface area contributed by atoms with Crippen molar-refractivity contribution in [2.45, 2.75) is 64.4 Å². The average Bonchev–Trinajstić information content (AvgIpc) is 2.89. The second kappa shape index (κ2) is 12.9. The molecule has 9 heteroatoms. The van der Waals surface area contributed by atoms with Crippen LogP contribution in [0.4, 0.5) is 5.69 Å². The number of anilines is 1. The number of carbonyl (C=O) groups excluding carboxylic acids is 2. The van der Waals surface area contributed by atoms with E-state index in [9.17, 15) is 18.0 Å². The third kappa shape index (κ3) is 7.86. The van der Waals surface area contributed by atoms with Crippen molar-refractivity contribution in [3.63, 3.8) is 0 Å². The molecule has 0 spiro atoms. The van der Waals surface area contributed by atoms with Crippen molar-refractivity contribution in [3.05, 3.63) is 94.5 Å². The van der Waals surface area contributed by atoms with Crippen LogP contribution in [0.1, 0.15) is 44.4 Å². The Morgan fingerprint density at radius 2 is 1.55 bits per heavy atom. The maximum Gasteiger partial charge on any atom is 0.264 e. The summed E-state index contributed by atoms with van der Waals surface area (Å²) >= 11 is 6.38. The molecule has 7 nitrogen and oxygen atoms in total. The molecular formula is C31H38ClN3O4S. The van der Waals surface area contributed by atoms with Gasteiger partial charge in [0, 0.05) is 17.1 Å². The largest absolute Gasteiger partial charge is 0.350 e. The Morgan fingerprint density at radius 1 is 0.925 bits per heavy atom. The van der Waals surface area contributed by atoms with Crippen LogP contribution in [0.2, 0.25) is 5.02 Å². The van der Waals surface area contributed by atoms with Gasteiger partial charge in [-0.2, -0.15) is 0 Å². The molecule has 0 fully saturated rings. The second-order valence-corrected chi connectivity index (χ2v) is 13.2. The number of nitrogens with one attached hydrogen (secondary N) is 1. The predicted octanol–water partition coefficient (Wildman–Crippen LogP) is 5.53.